The molecular formula is C22H33N7O3. The van der Waals surface area contributed by atoms with E-state index in [9.17, 15) is 9.90 Å². The van der Waals surface area contributed by atoms with Crippen molar-refractivity contribution < 1.29 is 14.6 Å². The summed E-state index contributed by atoms with van der Waals surface area (Å²) < 4.78 is 5.62. The number of H-pyrrole nitrogens is 1. The van der Waals surface area contributed by atoms with Crippen LogP contribution in [0.5, 0.6) is 0 Å². The van der Waals surface area contributed by atoms with Gasteiger partial charge in [0.05, 0.1) is 18.8 Å². The highest BCUT2D eigenvalue weighted by Crippen LogP contribution is 2.37. The van der Waals surface area contributed by atoms with Gasteiger partial charge in [0.2, 0.25) is 0 Å². The van der Waals surface area contributed by atoms with Crippen LogP contribution in [0.4, 0.5) is 16.4 Å². The van der Waals surface area contributed by atoms with Crippen LogP contribution in [0.1, 0.15) is 63.7 Å². The molecule has 174 valence electrons. The minimum Gasteiger partial charge on any atom is -0.444 e. The Balaban J connectivity index is 1.37. The Morgan fingerprint density at radius 3 is 2.53 bits per heavy atom. The second-order valence-corrected chi connectivity index (χ2v) is 9.70. The maximum atomic E-state index is 12.6. The summed E-state index contributed by atoms with van der Waals surface area (Å²) in [5.41, 5.74) is 1.01. The molecule has 1 amide bonds. The number of carbonyl (C=O) groups excluding carboxylic acids is 1. The van der Waals surface area contributed by atoms with E-state index in [1.807, 2.05) is 38.7 Å². The van der Waals surface area contributed by atoms with Crippen LogP contribution in [-0.2, 0) is 17.9 Å². The summed E-state index contributed by atoms with van der Waals surface area (Å²) in [6.45, 7) is 7.95. The molecule has 4 rings (SSSR count). The summed E-state index contributed by atoms with van der Waals surface area (Å²) in [6.07, 6.45) is 3.58. The number of ether oxygens (including phenoxy) is 1. The fraction of sp³-hybridized carbons (Fsp3) is 0.636. The molecule has 4 N–H and O–H groups in total. The molecule has 2 saturated heterocycles. The summed E-state index contributed by atoms with van der Waals surface area (Å²) >= 11 is 0. The van der Waals surface area contributed by atoms with Gasteiger partial charge in [-0.05, 0) is 53.4 Å². The number of aromatic nitrogens is 4. The molecule has 0 aromatic carbocycles. The maximum absolute atomic E-state index is 12.6. The van der Waals surface area contributed by atoms with Crippen molar-refractivity contribution in [2.45, 2.75) is 90.3 Å². The molecule has 0 saturated carbocycles. The van der Waals surface area contributed by atoms with Gasteiger partial charge < -0.3 is 25.4 Å². The second kappa shape index (κ2) is 9.03. The van der Waals surface area contributed by atoms with E-state index >= 15 is 0 Å². The van der Waals surface area contributed by atoms with Crippen LogP contribution in [-0.4, -0.2) is 60.0 Å². The maximum Gasteiger partial charge on any atom is 0.410 e. The quantitative estimate of drug-likeness (QED) is 0.537. The molecule has 32 heavy (non-hydrogen) atoms. The van der Waals surface area contributed by atoms with Crippen molar-refractivity contribution in [2.75, 3.05) is 5.32 Å². The van der Waals surface area contributed by atoms with Crippen molar-refractivity contribution in [1.29, 1.82) is 0 Å². The van der Waals surface area contributed by atoms with Gasteiger partial charge in [-0.1, -0.05) is 0 Å². The Hall–Kier alpha value is -2.72. The molecule has 2 bridgehead atoms. The third-order valence-corrected chi connectivity index (χ3v) is 5.84. The first kappa shape index (κ1) is 22.5. The zero-order chi connectivity index (χ0) is 22.9. The zero-order valence-electron chi connectivity index (χ0n) is 19.2. The molecule has 0 radical (unpaired) electrons. The van der Waals surface area contributed by atoms with Gasteiger partial charge in [-0.15, -0.1) is 0 Å². The van der Waals surface area contributed by atoms with Crippen molar-refractivity contribution in [1.82, 2.24) is 30.4 Å². The molecular weight excluding hydrogens is 410 g/mol. The lowest BCUT2D eigenvalue weighted by atomic mass is 9.97. The summed E-state index contributed by atoms with van der Waals surface area (Å²) in [5, 5.41) is 23.4. The standard InChI is InChI=1S/C22H33N7O3/c1-13-7-19(28-27-13)25-18-10-15(12-30)24-20(26-18)11-23-14-8-16-5-6-17(9-14)29(16)21(31)32-22(2,3)4/h7,10,14,16-17,23,30H,5-6,8-9,11-12H2,1-4H3,(H2,24,25,26,27,28). The Morgan fingerprint density at radius 2 is 1.94 bits per heavy atom. The second-order valence-electron chi connectivity index (χ2n) is 9.70. The first-order valence-electron chi connectivity index (χ1n) is 11.2. The van der Waals surface area contributed by atoms with Crippen LogP contribution in [0.25, 0.3) is 0 Å². The van der Waals surface area contributed by atoms with Crippen molar-refractivity contribution in [3.8, 4) is 0 Å². The van der Waals surface area contributed by atoms with E-state index in [-0.39, 0.29) is 30.8 Å². The molecule has 10 nitrogen and oxygen atoms in total. The van der Waals surface area contributed by atoms with E-state index in [2.05, 4.69) is 30.8 Å². The van der Waals surface area contributed by atoms with Crippen molar-refractivity contribution in [3.05, 3.63) is 29.3 Å². The van der Waals surface area contributed by atoms with Crippen LogP contribution in [0.3, 0.4) is 0 Å². The summed E-state index contributed by atoms with van der Waals surface area (Å²) in [6, 6.07) is 4.27. The number of aliphatic hydroxyl groups excluding tert-OH is 1. The lowest BCUT2D eigenvalue weighted by Gasteiger charge is -2.39. The van der Waals surface area contributed by atoms with E-state index in [4.69, 9.17) is 4.74 Å². The highest BCUT2D eigenvalue weighted by molar-refractivity contribution is 5.69. The molecule has 2 aliphatic heterocycles. The van der Waals surface area contributed by atoms with Crippen LogP contribution in [0.15, 0.2) is 12.1 Å². The summed E-state index contributed by atoms with van der Waals surface area (Å²) in [7, 11) is 0. The van der Waals surface area contributed by atoms with Gasteiger partial charge >= 0.3 is 6.09 Å². The Morgan fingerprint density at radius 1 is 1.22 bits per heavy atom. The number of aromatic amines is 1. The number of fused-ring (bicyclic) bond motifs is 2. The van der Waals surface area contributed by atoms with Gasteiger partial charge in [-0.2, -0.15) is 5.10 Å². The predicted molar refractivity (Wildman–Crippen MR) is 119 cm³/mol. The normalized spacial score (nSPS) is 22.8. The molecule has 4 heterocycles. The van der Waals surface area contributed by atoms with Crippen molar-refractivity contribution >= 4 is 17.7 Å². The number of amides is 1. The first-order chi connectivity index (χ1) is 15.2. The largest absolute Gasteiger partial charge is 0.444 e. The molecule has 2 aliphatic rings. The predicted octanol–water partition coefficient (Wildman–Crippen LogP) is 2.76. The number of aliphatic hydroxyl groups is 1. The number of nitrogens with one attached hydrogen (secondary N) is 3. The van der Waals surface area contributed by atoms with E-state index in [1.54, 1.807) is 6.07 Å². The van der Waals surface area contributed by atoms with Crippen LogP contribution >= 0.6 is 0 Å². The molecule has 2 atom stereocenters. The van der Waals surface area contributed by atoms with Crippen LogP contribution in [0.2, 0.25) is 0 Å². The molecule has 2 fully saturated rings. The molecule has 10 heteroatoms. The number of aryl methyl sites for hydroxylation is 1. The van der Waals surface area contributed by atoms with Gasteiger partial charge in [0.25, 0.3) is 0 Å². The number of carbonyl (C=O) groups is 1. The third kappa shape index (κ3) is 5.36. The number of nitrogens with zero attached hydrogens (tertiary/aromatic N) is 4. The van der Waals surface area contributed by atoms with E-state index < -0.39 is 5.60 Å². The highest BCUT2D eigenvalue weighted by atomic mass is 16.6. The number of hydrogen-bond donors (Lipinski definition) is 4. The zero-order valence-corrected chi connectivity index (χ0v) is 19.2. The minimum atomic E-state index is -0.485. The van der Waals surface area contributed by atoms with Crippen LogP contribution in [0, 0.1) is 6.92 Å². The highest BCUT2D eigenvalue weighted by Gasteiger charge is 2.44. The average molecular weight is 444 g/mol. The lowest BCUT2D eigenvalue weighted by Crippen LogP contribution is -2.52. The number of rotatable bonds is 6. The monoisotopic (exact) mass is 443 g/mol. The third-order valence-electron chi connectivity index (χ3n) is 5.84. The number of piperidine rings is 1. The molecule has 0 spiro atoms. The van der Waals surface area contributed by atoms with Gasteiger partial charge in [-0.3, -0.25) is 5.10 Å². The van der Waals surface area contributed by atoms with Gasteiger partial charge in [0.15, 0.2) is 5.82 Å². The summed E-state index contributed by atoms with van der Waals surface area (Å²) in [5.74, 6) is 1.86. The van der Waals surface area contributed by atoms with Gasteiger partial charge in [-0.25, -0.2) is 14.8 Å². The smallest absolute Gasteiger partial charge is 0.410 e. The first-order valence-corrected chi connectivity index (χ1v) is 11.2. The van der Waals surface area contributed by atoms with Crippen molar-refractivity contribution in [2.24, 2.45) is 0 Å². The SMILES string of the molecule is Cc1cc(Nc2cc(CO)nc(CNC3CC4CCC(C3)N4C(=O)OC(C)(C)C)n2)n[nH]1. The van der Waals surface area contributed by atoms with Crippen molar-refractivity contribution in [3.63, 3.8) is 0 Å². The van der Waals surface area contributed by atoms with Crippen LogP contribution < -0.4 is 10.6 Å². The Labute approximate surface area is 188 Å². The average Bonchev–Trinajstić information content (AvgIpc) is 3.24. The fourth-order valence-electron chi connectivity index (χ4n) is 4.58. The molecule has 2 aromatic rings. The molecule has 0 aliphatic carbocycles. The molecule has 2 aromatic heterocycles. The lowest BCUT2D eigenvalue weighted by molar-refractivity contribution is 0.00463. The Kier molecular flexibility index (Phi) is 6.34. The van der Waals surface area contributed by atoms with E-state index in [0.29, 0.717) is 29.7 Å². The minimum absolute atomic E-state index is 0.164. The topological polar surface area (TPSA) is 128 Å². The van der Waals surface area contributed by atoms with E-state index in [0.717, 1.165) is 31.4 Å². The fourth-order valence-corrected chi connectivity index (χ4v) is 4.58. The molecule has 2 unspecified atom stereocenters. The number of anilines is 2. The Bertz CT molecular complexity index is 941. The van der Waals surface area contributed by atoms with E-state index in [1.165, 1.54) is 0 Å². The number of hydrogen-bond acceptors (Lipinski definition) is 8. The van der Waals surface area contributed by atoms with Gasteiger partial charge in [0, 0.05) is 36.0 Å². The summed E-state index contributed by atoms with van der Waals surface area (Å²) in [4.78, 5) is 23.6. The van der Waals surface area contributed by atoms with Gasteiger partial charge in [0.1, 0.15) is 17.2 Å².